The molecule has 0 bridgehead atoms. The summed E-state index contributed by atoms with van der Waals surface area (Å²) in [5, 5.41) is 0. The fourth-order valence-corrected chi connectivity index (χ4v) is 3.68. The van der Waals surface area contributed by atoms with Crippen molar-refractivity contribution in [3.63, 3.8) is 0 Å². The molecule has 1 aliphatic rings. The largest absolute Gasteiger partial charge is 0.497 e. The molecule has 1 fully saturated rings. The van der Waals surface area contributed by atoms with E-state index in [0.29, 0.717) is 49.7 Å². The van der Waals surface area contributed by atoms with E-state index in [2.05, 4.69) is 0 Å². The molecule has 1 aliphatic heterocycles. The molecule has 0 spiro atoms. The monoisotopic (exact) mass is 426 g/mol. The fraction of sp³-hybridized carbons (Fsp3) is 0.417. The van der Waals surface area contributed by atoms with Gasteiger partial charge in [-0.05, 0) is 44.0 Å². The van der Waals surface area contributed by atoms with Crippen molar-refractivity contribution in [2.24, 2.45) is 0 Å². The molecule has 1 heterocycles. The van der Waals surface area contributed by atoms with Crippen LogP contribution in [0.1, 0.15) is 27.9 Å². The molecule has 0 atom stereocenters. The van der Waals surface area contributed by atoms with Gasteiger partial charge in [0.25, 0.3) is 11.8 Å². The highest BCUT2D eigenvalue weighted by Gasteiger charge is 2.24. The van der Waals surface area contributed by atoms with Crippen molar-refractivity contribution < 1.29 is 23.8 Å². The minimum atomic E-state index is -0.0990. The average molecular weight is 427 g/mol. The van der Waals surface area contributed by atoms with E-state index in [1.165, 1.54) is 0 Å². The summed E-state index contributed by atoms with van der Waals surface area (Å²) in [4.78, 5) is 29.2. The number of carbonyl (C=O) groups is 2. The number of hydrogen-bond acceptors (Lipinski definition) is 5. The molecule has 3 rings (SSSR count). The summed E-state index contributed by atoms with van der Waals surface area (Å²) in [5.41, 5.74) is 2.67. The van der Waals surface area contributed by atoms with Crippen LogP contribution in [0, 0.1) is 13.8 Å². The minimum absolute atomic E-state index is 0.00900. The van der Waals surface area contributed by atoms with E-state index >= 15 is 0 Å². The Bertz CT molecular complexity index is 921. The van der Waals surface area contributed by atoms with E-state index in [4.69, 9.17) is 14.2 Å². The van der Waals surface area contributed by atoms with Crippen LogP contribution < -0.4 is 14.2 Å². The molecule has 2 amide bonds. The molecule has 2 aromatic carbocycles. The number of carbonyl (C=O) groups excluding carboxylic acids is 2. The van der Waals surface area contributed by atoms with Crippen molar-refractivity contribution in [2.75, 3.05) is 47.0 Å². The molecule has 31 heavy (non-hydrogen) atoms. The fourth-order valence-electron chi connectivity index (χ4n) is 3.68. The van der Waals surface area contributed by atoms with Crippen LogP contribution in [-0.2, 0) is 4.79 Å². The van der Waals surface area contributed by atoms with E-state index < -0.39 is 0 Å². The van der Waals surface area contributed by atoms with E-state index in [9.17, 15) is 9.59 Å². The summed E-state index contributed by atoms with van der Waals surface area (Å²) in [6.07, 6.45) is 0.710. The van der Waals surface area contributed by atoms with Crippen LogP contribution in [0.5, 0.6) is 17.2 Å². The molecule has 0 N–H and O–H groups in total. The Morgan fingerprint density at radius 1 is 0.871 bits per heavy atom. The molecule has 0 aliphatic carbocycles. The van der Waals surface area contributed by atoms with Crippen LogP contribution in [0.4, 0.5) is 0 Å². The summed E-state index contributed by atoms with van der Waals surface area (Å²) in [5.74, 6) is 1.68. The van der Waals surface area contributed by atoms with Crippen LogP contribution in [0.3, 0.4) is 0 Å². The predicted octanol–water partition coefficient (Wildman–Crippen LogP) is 3.07. The highest BCUT2D eigenvalue weighted by Crippen LogP contribution is 2.24. The van der Waals surface area contributed by atoms with Gasteiger partial charge in [-0.3, -0.25) is 9.59 Å². The maximum atomic E-state index is 13.0. The molecule has 2 aromatic rings. The first-order valence-electron chi connectivity index (χ1n) is 10.4. The standard InChI is InChI=1S/C24H30N2O5/c1-17-6-7-22(18(2)12-17)31-16-23(27)25-8-5-9-26(11-10-25)24(28)19-13-20(29-3)15-21(14-19)30-4/h6-7,12-15H,5,8-11,16H2,1-4H3. The lowest BCUT2D eigenvalue weighted by atomic mass is 10.1. The molecule has 166 valence electrons. The van der Waals surface area contributed by atoms with Gasteiger partial charge in [-0.25, -0.2) is 0 Å². The van der Waals surface area contributed by atoms with Gasteiger partial charge >= 0.3 is 0 Å². The quantitative estimate of drug-likeness (QED) is 0.710. The minimum Gasteiger partial charge on any atom is -0.497 e. The van der Waals surface area contributed by atoms with E-state index in [1.54, 1.807) is 42.2 Å². The first kappa shape index (κ1) is 22.5. The molecule has 0 unspecified atom stereocenters. The highest BCUT2D eigenvalue weighted by molar-refractivity contribution is 5.95. The number of rotatable bonds is 6. The number of nitrogens with zero attached hydrogens (tertiary/aromatic N) is 2. The molecular formula is C24H30N2O5. The smallest absolute Gasteiger partial charge is 0.260 e. The lowest BCUT2D eigenvalue weighted by molar-refractivity contribution is -0.133. The summed E-state index contributed by atoms with van der Waals surface area (Å²) in [7, 11) is 3.11. The number of benzene rings is 2. The normalized spacial score (nSPS) is 14.1. The van der Waals surface area contributed by atoms with Crippen molar-refractivity contribution in [1.29, 1.82) is 0 Å². The van der Waals surface area contributed by atoms with Crippen molar-refractivity contribution in [2.45, 2.75) is 20.3 Å². The Balaban J connectivity index is 1.59. The summed E-state index contributed by atoms with van der Waals surface area (Å²) in [6, 6.07) is 11.0. The topological polar surface area (TPSA) is 68.3 Å². The Hall–Kier alpha value is -3.22. The maximum absolute atomic E-state index is 13.0. The van der Waals surface area contributed by atoms with Gasteiger partial charge in [-0.15, -0.1) is 0 Å². The third-order valence-corrected chi connectivity index (χ3v) is 5.42. The first-order valence-corrected chi connectivity index (χ1v) is 10.4. The molecule has 0 radical (unpaired) electrons. The zero-order valence-corrected chi connectivity index (χ0v) is 18.6. The molecule has 0 saturated carbocycles. The third kappa shape index (κ3) is 5.69. The molecule has 7 nitrogen and oxygen atoms in total. The predicted molar refractivity (Wildman–Crippen MR) is 118 cm³/mol. The zero-order chi connectivity index (χ0) is 22.4. The van der Waals surface area contributed by atoms with Crippen LogP contribution >= 0.6 is 0 Å². The summed E-state index contributed by atoms with van der Waals surface area (Å²) < 4.78 is 16.3. The highest BCUT2D eigenvalue weighted by atomic mass is 16.5. The van der Waals surface area contributed by atoms with Gasteiger partial charge in [0.05, 0.1) is 14.2 Å². The number of hydrogen-bond donors (Lipinski definition) is 0. The lowest BCUT2D eigenvalue weighted by Crippen LogP contribution is -2.39. The van der Waals surface area contributed by atoms with Crippen LogP contribution in [-0.4, -0.2) is 68.6 Å². The Kier molecular flexibility index (Phi) is 7.39. The number of ether oxygens (including phenoxy) is 3. The number of aryl methyl sites for hydroxylation is 2. The second-order valence-electron chi connectivity index (χ2n) is 7.69. The average Bonchev–Trinajstić information content (AvgIpc) is 3.03. The lowest BCUT2D eigenvalue weighted by Gasteiger charge is -2.23. The molecule has 1 saturated heterocycles. The molecular weight excluding hydrogens is 396 g/mol. The third-order valence-electron chi connectivity index (χ3n) is 5.42. The van der Waals surface area contributed by atoms with Gasteiger partial charge in [-0.2, -0.15) is 0 Å². The van der Waals surface area contributed by atoms with Crippen molar-refractivity contribution in [3.8, 4) is 17.2 Å². The van der Waals surface area contributed by atoms with Crippen molar-refractivity contribution in [1.82, 2.24) is 9.80 Å². The molecule has 0 aromatic heterocycles. The molecule has 7 heteroatoms. The maximum Gasteiger partial charge on any atom is 0.260 e. The summed E-state index contributed by atoms with van der Waals surface area (Å²) >= 11 is 0. The second-order valence-corrected chi connectivity index (χ2v) is 7.69. The second kappa shape index (κ2) is 10.2. The van der Waals surface area contributed by atoms with E-state index in [0.717, 1.165) is 16.9 Å². The van der Waals surface area contributed by atoms with Gasteiger partial charge < -0.3 is 24.0 Å². The number of amides is 2. The van der Waals surface area contributed by atoms with E-state index in [-0.39, 0.29) is 18.4 Å². The van der Waals surface area contributed by atoms with Crippen LogP contribution in [0.15, 0.2) is 36.4 Å². The van der Waals surface area contributed by atoms with Crippen molar-refractivity contribution >= 4 is 11.8 Å². The van der Waals surface area contributed by atoms with Gasteiger partial charge in [0, 0.05) is 37.8 Å². The van der Waals surface area contributed by atoms with Crippen LogP contribution in [0.25, 0.3) is 0 Å². The zero-order valence-electron chi connectivity index (χ0n) is 18.6. The Labute approximate surface area is 183 Å². The van der Waals surface area contributed by atoms with Gasteiger partial charge in [0.15, 0.2) is 6.61 Å². The van der Waals surface area contributed by atoms with Crippen LogP contribution in [0.2, 0.25) is 0 Å². The Morgan fingerprint density at radius 3 is 2.16 bits per heavy atom. The van der Waals surface area contributed by atoms with E-state index in [1.807, 2.05) is 32.0 Å². The van der Waals surface area contributed by atoms with Gasteiger partial charge in [-0.1, -0.05) is 17.7 Å². The van der Waals surface area contributed by atoms with Gasteiger partial charge in [0.1, 0.15) is 17.2 Å². The Morgan fingerprint density at radius 2 is 1.52 bits per heavy atom. The number of methoxy groups -OCH3 is 2. The van der Waals surface area contributed by atoms with Gasteiger partial charge in [0.2, 0.25) is 0 Å². The van der Waals surface area contributed by atoms with Crippen molar-refractivity contribution in [3.05, 3.63) is 53.1 Å². The first-order chi connectivity index (χ1) is 14.9. The SMILES string of the molecule is COc1cc(OC)cc(C(=O)N2CCCN(C(=O)COc3ccc(C)cc3C)CC2)c1. The summed E-state index contributed by atoms with van der Waals surface area (Å²) in [6.45, 7) is 6.10.